The molecule has 3 aromatic rings. The molecule has 208 valence electrons. The maximum Gasteiger partial charge on any atom is 0.387 e. The van der Waals surface area contributed by atoms with E-state index in [-0.39, 0.29) is 36.2 Å². The minimum Gasteiger partial charge on any atom is -0.434 e. The highest BCUT2D eigenvalue weighted by atomic mass is 19.3. The molecule has 3 atom stereocenters. The predicted octanol–water partition coefficient (Wildman–Crippen LogP) is 4.27. The fourth-order valence-electron chi connectivity index (χ4n) is 5.82. The highest BCUT2D eigenvalue weighted by Crippen LogP contribution is 2.46. The second kappa shape index (κ2) is 10.3. The molecule has 3 heterocycles. The summed E-state index contributed by atoms with van der Waals surface area (Å²) in [4.78, 5) is 46.5. The van der Waals surface area contributed by atoms with Crippen molar-refractivity contribution in [2.45, 2.75) is 50.8 Å². The first-order valence-electron chi connectivity index (χ1n) is 13.0. The van der Waals surface area contributed by atoms with Gasteiger partial charge in [-0.25, -0.2) is 0 Å². The summed E-state index contributed by atoms with van der Waals surface area (Å²) < 4.78 is 30.4. The van der Waals surface area contributed by atoms with Crippen LogP contribution in [0.2, 0.25) is 0 Å². The third kappa shape index (κ3) is 4.53. The van der Waals surface area contributed by atoms with Gasteiger partial charge < -0.3 is 24.8 Å². The van der Waals surface area contributed by atoms with Gasteiger partial charge in [-0.3, -0.25) is 14.4 Å². The number of para-hydroxylation sites is 1. The minimum atomic E-state index is -3.03. The Morgan fingerprint density at radius 1 is 1.23 bits per heavy atom. The van der Waals surface area contributed by atoms with Gasteiger partial charge in [-0.15, -0.1) is 0 Å². The number of carbonyl (C=O) groups excluding carboxylic acids is 3. The maximum absolute atomic E-state index is 14.1. The Morgan fingerprint density at radius 2 is 1.98 bits per heavy atom. The van der Waals surface area contributed by atoms with Crippen LogP contribution in [0.3, 0.4) is 0 Å². The zero-order chi connectivity index (χ0) is 28.8. The van der Waals surface area contributed by atoms with E-state index < -0.39 is 35.9 Å². The molecule has 2 aromatic carbocycles. The van der Waals surface area contributed by atoms with Crippen LogP contribution in [0.4, 0.5) is 14.5 Å². The number of likely N-dealkylation sites (tertiary alicyclic amines) is 1. The summed E-state index contributed by atoms with van der Waals surface area (Å²) in [6.45, 7) is 0.831. The monoisotopic (exact) mass is 549 g/mol. The Kier molecular flexibility index (Phi) is 6.96. The number of hydrogen-bond acceptors (Lipinski definition) is 5. The van der Waals surface area contributed by atoms with Gasteiger partial charge in [-0.05, 0) is 42.2 Å². The first kappa shape index (κ1) is 27.1. The van der Waals surface area contributed by atoms with E-state index in [0.29, 0.717) is 23.0 Å². The van der Waals surface area contributed by atoms with E-state index >= 15 is 0 Å². The minimum absolute atomic E-state index is 0.0181. The molecule has 0 unspecified atom stereocenters. The third-order valence-corrected chi connectivity index (χ3v) is 7.75. The standard InChI is InChI=1S/C29H29F2N5O4/c1-16(2)11-23(35(3)25(37)22-12-18-20(33-22)9-6-10-24(18)40-28(30)31)26(38)36-15-29(13-17(36)14-32)19-7-4-5-8-21(19)34-27(29)39/h4-10,12,16-17,23,28,33H,11,13,15H2,1-3H3,(H,34,39)/t17-,23-,29-/m0/s1. The normalized spacial score (nSPS) is 20.6. The number of fused-ring (bicyclic) bond motifs is 3. The summed E-state index contributed by atoms with van der Waals surface area (Å²) in [5.74, 6) is -1.26. The van der Waals surface area contributed by atoms with Gasteiger partial charge in [-0.1, -0.05) is 38.1 Å². The van der Waals surface area contributed by atoms with Gasteiger partial charge in [0.05, 0.1) is 11.5 Å². The quantitative estimate of drug-likeness (QED) is 0.456. The van der Waals surface area contributed by atoms with E-state index in [9.17, 15) is 28.4 Å². The molecule has 9 nitrogen and oxygen atoms in total. The second-order valence-electron chi connectivity index (χ2n) is 10.7. The van der Waals surface area contributed by atoms with Crippen molar-refractivity contribution in [2.24, 2.45) is 5.92 Å². The largest absolute Gasteiger partial charge is 0.434 e. The summed E-state index contributed by atoms with van der Waals surface area (Å²) in [7, 11) is 1.50. The number of hydrogen-bond donors (Lipinski definition) is 2. The number of nitrogens with one attached hydrogen (secondary N) is 2. The predicted molar refractivity (Wildman–Crippen MR) is 143 cm³/mol. The second-order valence-corrected chi connectivity index (χ2v) is 10.7. The summed E-state index contributed by atoms with van der Waals surface area (Å²) in [6, 6.07) is 13.6. The lowest BCUT2D eigenvalue weighted by Gasteiger charge is -2.33. The van der Waals surface area contributed by atoms with Crippen LogP contribution in [-0.2, 0) is 15.0 Å². The highest BCUT2D eigenvalue weighted by molar-refractivity contribution is 6.07. The van der Waals surface area contributed by atoms with Crippen molar-refractivity contribution in [1.82, 2.24) is 14.8 Å². The summed E-state index contributed by atoms with van der Waals surface area (Å²) in [6.07, 6.45) is 0.463. The van der Waals surface area contributed by atoms with Gasteiger partial charge in [0, 0.05) is 36.6 Å². The van der Waals surface area contributed by atoms with Crippen LogP contribution in [0.25, 0.3) is 10.9 Å². The first-order chi connectivity index (χ1) is 19.1. The van der Waals surface area contributed by atoms with Crippen molar-refractivity contribution < 1.29 is 27.9 Å². The van der Waals surface area contributed by atoms with Crippen LogP contribution >= 0.6 is 0 Å². The molecule has 1 aromatic heterocycles. The van der Waals surface area contributed by atoms with Crippen LogP contribution in [-0.4, -0.2) is 64.8 Å². The fourth-order valence-corrected chi connectivity index (χ4v) is 5.82. The van der Waals surface area contributed by atoms with E-state index in [0.717, 1.165) is 5.56 Å². The molecule has 1 saturated heterocycles. The smallest absolute Gasteiger partial charge is 0.387 e. The van der Waals surface area contributed by atoms with Crippen LogP contribution in [0, 0.1) is 17.2 Å². The summed E-state index contributed by atoms with van der Waals surface area (Å²) in [5, 5.41) is 13.2. The molecule has 40 heavy (non-hydrogen) atoms. The number of benzene rings is 2. The molecule has 3 amide bonds. The van der Waals surface area contributed by atoms with Gasteiger partial charge in [-0.2, -0.15) is 14.0 Å². The van der Waals surface area contributed by atoms with E-state index in [2.05, 4.69) is 21.1 Å². The Morgan fingerprint density at radius 3 is 2.67 bits per heavy atom. The molecule has 5 rings (SSSR count). The number of carbonyl (C=O) groups is 3. The maximum atomic E-state index is 14.1. The van der Waals surface area contributed by atoms with Crippen LogP contribution in [0.5, 0.6) is 5.75 Å². The van der Waals surface area contributed by atoms with E-state index in [4.69, 9.17) is 0 Å². The van der Waals surface area contributed by atoms with Gasteiger partial charge >= 0.3 is 6.61 Å². The molecule has 1 spiro atoms. The van der Waals surface area contributed by atoms with E-state index in [1.807, 2.05) is 32.0 Å². The topological polar surface area (TPSA) is 119 Å². The Bertz CT molecular complexity index is 1530. The number of H-pyrrole nitrogens is 1. The Balaban J connectivity index is 1.45. The molecule has 1 fully saturated rings. The average molecular weight is 550 g/mol. The molecule has 0 radical (unpaired) electrons. The molecule has 2 N–H and O–H groups in total. The first-order valence-corrected chi connectivity index (χ1v) is 13.0. The van der Waals surface area contributed by atoms with Gasteiger partial charge in [0.15, 0.2) is 0 Å². The van der Waals surface area contributed by atoms with E-state index in [1.54, 1.807) is 12.1 Å². The zero-order valence-corrected chi connectivity index (χ0v) is 22.3. The fraction of sp³-hybridized carbons (Fsp3) is 0.379. The van der Waals surface area contributed by atoms with Crippen molar-refractivity contribution >= 4 is 34.3 Å². The number of rotatable bonds is 7. The van der Waals surface area contributed by atoms with Crippen LogP contribution < -0.4 is 10.1 Å². The Labute approximate surface area is 229 Å². The average Bonchev–Trinajstić information content (AvgIpc) is 3.61. The molecular formula is C29H29F2N5O4. The highest BCUT2D eigenvalue weighted by Gasteiger charge is 2.56. The van der Waals surface area contributed by atoms with Crippen LogP contribution in [0.15, 0.2) is 48.5 Å². The number of alkyl halides is 2. The number of anilines is 1. The van der Waals surface area contributed by atoms with Crippen molar-refractivity contribution in [2.75, 3.05) is 18.9 Å². The molecule has 0 bridgehead atoms. The Hall–Kier alpha value is -4.46. The van der Waals surface area contributed by atoms with Crippen LogP contribution in [0.1, 0.15) is 42.7 Å². The lowest BCUT2D eigenvalue weighted by atomic mass is 9.80. The van der Waals surface area contributed by atoms with Crippen molar-refractivity contribution in [3.8, 4) is 11.8 Å². The van der Waals surface area contributed by atoms with E-state index in [1.165, 1.54) is 35.0 Å². The SMILES string of the molecule is CC(C)C[C@@H](C(=O)N1C[C@]2(C[C@H]1C#N)C(=O)Nc1ccccc12)N(C)C(=O)c1cc2c(OC(F)F)cccc2[nH]1. The lowest BCUT2D eigenvalue weighted by Crippen LogP contribution is -2.52. The summed E-state index contributed by atoms with van der Waals surface area (Å²) in [5.41, 5.74) is 0.899. The number of aromatic amines is 1. The number of ether oxygens (including phenoxy) is 1. The summed E-state index contributed by atoms with van der Waals surface area (Å²) >= 11 is 0. The molecular weight excluding hydrogens is 520 g/mol. The lowest BCUT2D eigenvalue weighted by molar-refractivity contribution is -0.136. The molecule has 0 saturated carbocycles. The van der Waals surface area contributed by atoms with Crippen molar-refractivity contribution in [3.05, 3.63) is 59.8 Å². The van der Waals surface area contributed by atoms with Gasteiger partial charge in [0.1, 0.15) is 23.5 Å². The number of aromatic nitrogens is 1. The molecule has 0 aliphatic carbocycles. The van der Waals surface area contributed by atoms with Gasteiger partial charge in [0.25, 0.3) is 5.91 Å². The van der Waals surface area contributed by atoms with Crippen molar-refractivity contribution in [3.63, 3.8) is 0 Å². The third-order valence-electron chi connectivity index (χ3n) is 7.75. The molecule has 2 aliphatic heterocycles. The number of nitriles is 1. The van der Waals surface area contributed by atoms with Gasteiger partial charge in [0.2, 0.25) is 11.8 Å². The van der Waals surface area contributed by atoms with Crippen molar-refractivity contribution in [1.29, 1.82) is 5.26 Å². The molecule has 2 aliphatic rings. The number of amides is 3. The number of likely N-dealkylation sites (N-methyl/N-ethyl adjacent to an activating group) is 1. The molecule has 11 heteroatoms. The zero-order valence-electron chi connectivity index (χ0n) is 22.3. The number of nitrogens with zero attached hydrogens (tertiary/aromatic N) is 3. The number of halogens is 2.